The van der Waals surface area contributed by atoms with Crippen molar-refractivity contribution in [1.82, 2.24) is 0 Å². The summed E-state index contributed by atoms with van der Waals surface area (Å²) in [5.41, 5.74) is 0. The van der Waals surface area contributed by atoms with Crippen molar-refractivity contribution in [3.63, 3.8) is 0 Å². The Morgan fingerprint density at radius 1 is 0.842 bits per heavy atom. The van der Waals surface area contributed by atoms with Gasteiger partial charge in [-0.1, -0.05) is 64.7 Å². The lowest BCUT2D eigenvalue weighted by atomic mass is 10.1. The second kappa shape index (κ2) is 12.5. The summed E-state index contributed by atoms with van der Waals surface area (Å²) in [4.78, 5) is 0. The predicted octanol–water partition coefficient (Wildman–Crippen LogP) is 4.79. The third kappa shape index (κ3) is 17.5. The molecule has 0 saturated heterocycles. The van der Waals surface area contributed by atoms with Gasteiger partial charge in [-0.15, -0.1) is 0 Å². The number of hydrogen-bond donors (Lipinski definition) is 0. The van der Waals surface area contributed by atoms with Crippen LogP contribution in [-0.2, 0) is 14.3 Å². The lowest BCUT2D eigenvalue weighted by Crippen LogP contribution is -1.95. The molecule has 0 saturated carbocycles. The molecule has 19 heavy (non-hydrogen) atoms. The fraction of sp³-hybridized carbons (Fsp3) is 0.867. The predicted molar refractivity (Wildman–Crippen MR) is 81.5 cm³/mol. The van der Waals surface area contributed by atoms with Crippen molar-refractivity contribution in [2.75, 3.05) is 6.26 Å². The van der Waals surface area contributed by atoms with Gasteiger partial charge in [0.25, 0.3) is 0 Å². The lowest BCUT2D eigenvalue weighted by Gasteiger charge is -2.01. The van der Waals surface area contributed by atoms with Gasteiger partial charge >= 0.3 is 10.1 Å². The zero-order chi connectivity index (χ0) is 14.4. The Bertz CT molecular complexity index is 307. The molecule has 0 amide bonds. The molecule has 0 radical (unpaired) electrons. The molecule has 0 aliphatic carbocycles. The van der Waals surface area contributed by atoms with Crippen LogP contribution in [0.25, 0.3) is 0 Å². The highest BCUT2D eigenvalue weighted by Gasteiger charge is 1.95. The van der Waals surface area contributed by atoms with Crippen molar-refractivity contribution in [2.45, 2.75) is 77.6 Å². The van der Waals surface area contributed by atoms with E-state index in [0.717, 1.165) is 19.1 Å². The molecule has 0 aliphatic rings. The van der Waals surface area contributed by atoms with E-state index in [1.165, 1.54) is 64.0 Å². The molecule has 0 atom stereocenters. The molecule has 0 bridgehead atoms. The van der Waals surface area contributed by atoms with Gasteiger partial charge in [0.1, 0.15) is 6.26 Å². The molecular weight excluding hydrogens is 260 g/mol. The van der Waals surface area contributed by atoms with E-state index >= 15 is 0 Å². The Morgan fingerprint density at radius 3 is 1.79 bits per heavy atom. The maximum Gasteiger partial charge on any atom is 0.305 e. The zero-order valence-electron chi connectivity index (χ0n) is 12.6. The van der Waals surface area contributed by atoms with Gasteiger partial charge in [-0.3, -0.25) is 0 Å². The Hall–Kier alpha value is -0.510. The summed E-state index contributed by atoms with van der Waals surface area (Å²) >= 11 is 0. The molecule has 0 fully saturated rings. The van der Waals surface area contributed by atoms with Crippen LogP contribution in [0.5, 0.6) is 0 Å². The van der Waals surface area contributed by atoms with E-state index in [1.54, 1.807) is 6.08 Å². The highest BCUT2D eigenvalue weighted by molar-refractivity contribution is 7.86. The highest BCUT2D eigenvalue weighted by Crippen LogP contribution is 2.11. The van der Waals surface area contributed by atoms with Crippen molar-refractivity contribution in [1.29, 1.82) is 0 Å². The molecule has 0 heterocycles. The summed E-state index contributed by atoms with van der Waals surface area (Å²) in [7, 11) is -3.33. The number of hydrogen-bond acceptors (Lipinski definition) is 3. The van der Waals surface area contributed by atoms with Crippen LogP contribution >= 0.6 is 0 Å². The van der Waals surface area contributed by atoms with Crippen molar-refractivity contribution >= 4 is 10.1 Å². The van der Waals surface area contributed by atoms with Crippen LogP contribution in [0.1, 0.15) is 77.6 Å². The summed E-state index contributed by atoms with van der Waals surface area (Å²) in [6.45, 7) is 2.25. The average molecular weight is 290 g/mol. The molecule has 0 aromatic carbocycles. The van der Waals surface area contributed by atoms with Gasteiger partial charge in [-0.25, -0.2) is 0 Å². The van der Waals surface area contributed by atoms with Crippen molar-refractivity contribution < 1.29 is 12.6 Å². The molecule has 0 aromatic rings. The first-order valence-electron chi connectivity index (χ1n) is 7.59. The molecule has 0 aliphatic heterocycles. The molecule has 0 unspecified atom stereocenters. The molecule has 3 nitrogen and oxygen atoms in total. The first-order valence-corrected chi connectivity index (χ1v) is 9.41. The van der Waals surface area contributed by atoms with Crippen molar-refractivity contribution in [3.05, 3.63) is 12.3 Å². The van der Waals surface area contributed by atoms with Gasteiger partial charge in [0.15, 0.2) is 0 Å². The molecule has 0 rings (SSSR count). The number of rotatable bonds is 13. The van der Waals surface area contributed by atoms with Gasteiger partial charge in [0.2, 0.25) is 0 Å². The van der Waals surface area contributed by atoms with Crippen LogP contribution in [-0.4, -0.2) is 14.7 Å². The van der Waals surface area contributed by atoms with Crippen molar-refractivity contribution in [3.8, 4) is 0 Å². The van der Waals surface area contributed by atoms with Crippen molar-refractivity contribution in [2.24, 2.45) is 0 Å². The van der Waals surface area contributed by atoms with E-state index in [4.69, 9.17) is 0 Å². The first kappa shape index (κ1) is 18.5. The molecule has 0 aromatic heterocycles. The summed E-state index contributed by atoms with van der Waals surface area (Å²) in [6, 6.07) is 0. The SMILES string of the molecule is CCCCCCCCCCCCC=COS(C)(=O)=O. The third-order valence-corrected chi connectivity index (χ3v) is 3.51. The Balaban J connectivity index is 3.15. The Labute approximate surface area is 119 Å². The van der Waals surface area contributed by atoms with E-state index in [9.17, 15) is 8.42 Å². The minimum Gasteiger partial charge on any atom is -0.391 e. The molecular formula is C15H30O3S. The standard InChI is InChI=1S/C15H30O3S/c1-3-4-5-6-7-8-9-10-11-12-13-14-15-18-19(2,16)17/h14-15H,3-13H2,1-2H3. The highest BCUT2D eigenvalue weighted by atomic mass is 32.2. The fourth-order valence-electron chi connectivity index (χ4n) is 1.96. The van der Waals surface area contributed by atoms with Gasteiger partial charge in [-0.05, 0) is 18.9 Å². The molecule has 114 valence electrons. The summed E-state index contributed by atoms with van der Waals surface area (Å²) < 4.78 is 25.8. The van der Waals surface area contributed by atoms with Crippen LogP contribution < -0.4 is 0 Å². The third-order valence-electron chi connectivity index (χ3n) is 3.05. The molecule has 0 spiro atoms. The second-order valence-electron chi connectivity index (χ2n) is 5.14. The first-order chi connectivity index (χ1) is 9.06. The maximum absolute atomic E-state index is 10.7. The zero-order valence-corrected chi connectivity index (χ0v) is 13.4. The Morgan fingerprint density at radius 2 is 1.32 bits per heavy atom. The molecule has 0 N–H and O–H groups in total. The topological polar surface area (TPSA) is 43.4 Å². The van der Waals surface area contributed by atoms with Gasteiger partial charge in [0, 0.05) is 0 Å². The number of unbranched alkanes of at least 4 members (excludes halogenated alkanes) is 10. The average Bonchev–Trinajstić information content (AvgIpc) is 2.34. The van der Waals surface area contributed by atoms with Crippen LogP contribution in [0.15, 0.2) is 12.3 Å². The minimum atomic E-state index is -3.33. The lowest BCUT2D eigenvalue weighted by molar-refractivity contribution is 0.447. The second-order valence-corrected chi connectivity index (χ2v) is 6.74. The number of allylic oxidation sites excluding steroid dienone is 1. The van der Waals surface area contributed by atoms with Gasteiger partial charge in [-0.2, -0.15) is 8.42 Å². The quantitative estimate of drug-likeness (QED) is 0.278. The van der Waals surface area contributed by atoms with E-state index in [0.29, 0.717) is 0 Å². The smallest absolute Gasteiger partial charge is 0.305 e. The normalized spacial score (nSPS) is 12.1. The van der Waals surface area contributed by atoms with Crippen LogP contribution in [0.4, 0.5) is 0 Å². The largest absolute Gasteiger partial charge is 0.391 e. The monoisotopic (exact) mass is 290 g/mol. The summed E-state index contributed by atoms with van der Waals surface area (Å²) in [5.74, 6) is 0. The maximum atomic E-state index is 10.7. The van der Waals surface area contributed by atoms with Crippen LogP contribution in [0.3, 0.4) is 0 Å². The van der Waals surface area contributed by atoms with Gasteiger partial charge < -0.3 is 4.18 Å². The van der Waals surface area contributed by atoms with E-state index in [2.05, 4.69) is 11.1 Å². The molecule has 4 heteroatoms. The van der Waals surface area contributed by atoms with E-state index < -0.39 is 10.1 Å². The fourth-order valence-corrected chi connectivity index (χ4v) is 2.24. The van der Waals surface area contributed by atoms with Gasteiger partial charge in [0.05, 0.1) is 6.26 Å². The van der Waals surface area contributed by atoms with E-state index in [-0.39, 0.29) is 0 Å². The summed E-state index contributed by atoms with van der Waals surface area (Å²) in [6.07, 6.45) is 18.2. The van der Waals surface area contributed by atoms with E-state index in [1.807, 2.05) is 0 Å². The van der Waals surface area contributed by atoms with Crippen LogP contribution in [0.2, 0.25) is 0 Å². The van der Waals surface area contributed by atoms with Crippen LogP contribution in [0, 0.1) is 0 Å². The Kier molecular flexibility index (Phi) is 12.2. The summed E-state index contributed by atoms with van der Waals surface area (Å²) in [5, 5.41) is 0. The minimum absolute atomic E-state index is 0.895.